The predicted octanol–water partition coefficient (Wildman–Crippen LogP) is 3.16. The number of carboxylic acids is 2. The Morgan fingerprint density at radius 3 is 2.50 bits per heavy atom. The van der Waals surface area contributed by atoms with Gasteiger partial charge in [-0.05, 0) is 67.1 Å². The van der Waals surface area contributed by atoms with E-state index in [4.69, 9.17) is 5.11 Å². The first kappa shape index (κ1) is 13.9. The fourth-order valence-electron chi connectivity index (χ4n) is 6.28. The molecule has 4 fully saturated rings. The van der Waals surface area contributed by atoms with Gasteiger partial charge >= 0.3 is 11.9 Å². The molecule has 0 heterocycles. The SMILES string of the molecule is CC12CC3CC(C1)C(CCC(=O)O)C(CC(=O)O)(C3)C2. The number of carboxylic acid groups (broad SMARTS) is 2. The summed E-state index contributed by atoms with van der Waals surface area (Å²) in [5.41, 5.74) is 0.182. The summed E-state index contributed by atoms with van der Waals surface area (Å²) in [6.07, 6.45) is 6.70. The Labute approximate surface area is 119 Å². The van der Waals surface area contributed by atoms with Gasteiger partial charge in [0.15, 0.2) is 0 Å². The summed E-state index contributed by atoms with van der Waals surface area (Å²) < 4.78 is 0. The standard InChI is InChI=1S/C16H24O4/c1-15-5-10-4-11(7-15)12(2-3-13(17)18)16(6-10,9-15)8-14(19)20/h10-12H,2-9H2,1H3,(H,17,18)(H,19,20). The lowest BCUT2D eigenvalue weighted by Crippen LogP contribution is -2.57. The first-order valence-corrected chi connectivity index (χ1v) is 7.76. The average Bonchev–Trinajstić information content (AvgIpc) is 2.23. The van der Waals surface area contributed by atoms with Crippen LogP contribution in [-0.4, -0.2) is 22.2 Å². The van der Waals surface area contributed by atoms with E-state index in [0.29, 0.717) is 29.6 Å². The van der Waals surface area contributed by atoms with E-state index < -0.39 is 11.9 Å². The lowest BCUT2D eigenvalue weighted by molar-refractivity contribution is -0.171. The Balaban J connectivity index is 1.87. The molecule has 0 radical (unpaired) electrons. The van der Waals surface area contributed by atoms with Gasteiger partial charge in [-0.1, -0.05) is 6.92 Å². The number of aliphatic carboxylic acids is 2. The summed E-state index contributed by atoms with van der Waals surface area (Å²) in [5.74, 6) is 0.0681. The maximum Gasteiger partial charge on any atom is 0.303 e. The molecule has 4 rings (SSSR count). The normalized spacial score (nSPS) is 45.5. The van der Waals surface area contributed by atoms with Gasteiger partial charge in [-0.3, -0.25) is 9.59 Å². The summed E-state index contributed by atoms with van der Waals surface area (Å²) in [4.78, 5) is 22.3. The third-order valence-corrected chi connectivity index (χ3v) is 6.17. The van der Waals surface area contributed by atoms with Gasteiger partial charge in [-0.15, -0.1) is 0 Å². The molecule has 0 aromatic heterocycles. The van der Waals surface area contributed by atoms with Crippen LogP contribution in [0.2, 0.25) is 0 Å². The van der Waals surface area contributed by atoms with Crippen LogP contribution in [0.1, 0.15) is 58.3 Å². The van der Waals surface area contributed by atoms with Gasteiger partial charge in [-0.2, -0.15) is 0 Å². The third kappa shape index (κ3) is 2.23. The van der Waals surface area contributed by atoms with Gasteiger partial charge in [0.1, 0.15) is 0 Å². The molecular formula is C16H24O4. The number of hydrogen-bond acceptors (Lipinski definition) is 2. The molecule has 5 unspecified atom stereocenters. The smallest absolute Gasteiger partial charge is 0.303 e. The molecule has 4 saturated carbocycles. The van der Waals surface area contributed by atoms with Crippen molar-refractivity contribution < 1.29 is 19.8 Å². The minimum atomic E-state index is -0.754. The summed E-state index contributed by atoms with van der Waals surface area (Å²) >= 11 is 0. The van der Waals surface area contributed by atoms with Crippen LogP contribution >= 0.6 is 0 Å². The van der Waals surface area contributed by atoms with E-state index >= 15 is 0 Å². The van der Waals surface area contributed by atoms with Gasteiger partial charge in [-0.25, -0.2) is 0 Å². The molecule has 0 aliphatic heterocycles. The molecule has 4 aliphatic carbocycles. The summed E-state index contributed by atoms with van der Waals surface area (Å²) in [6.45, 7) is 2.31. The zero-order valence-electron chi connectivity index (χ0n) is 12.1. The molecule has 5 atom stereocenters. The largest absolute Gasteiger partial charge is 0.481 e. The predicted molar refractivity (Wildman–Crippen MR) is 73.2 cm³/mol. The highest BCUT2D eigenvalue weighted by molar-refractivity contribution is 5.68. The average molecular weight is 280 g/mol. The molecule has 4 aliphatic rings. The zero-order valence-corrected chi connectivity index (χ0v) is 12.1. The Morgan fingerprint density at radius 2 is 1.90 bits per heavy atom. The maximum atomic E-state index is 11.4. The Morgan fingerprint density at radius 1 is 1.15 bits per heavy atom. The quantitative estimate of drug-likeness (QED) is 0.811. The van der Waals surface area contributed by atoms with Gasteiger partial charge in [0, 0.05) is 6.42 Å². The summed E-state index contributed by atoms with van der Waals surface area (Å²) in [6, 6.07) is 0. The van der Waals surface area contributed by atoms with Crippen LogP contribution in [0.15, 0.2) is 0 Å². The highest BCUT2D eigenvalue weighted by Gasteiger charge is 2.60. The van der Waals surface area contributed by atoms with E-state index in [-0.39, 0.29) is 18.3 Å². The minimum Gasteiger partial charge on any atom is -0.481 e. The van der Waals surface area contributed by atoms with Crippen LogP contribution in [0.25, 0.3) is 0 Å². The third-order valence-electron chi connectivity index (χ3n) is 6.17. The number of carbonyl (C=O) groups is 2. The van der Waals surface area contributed by atoms with E-state index in [9.17, 15) is 14.7 Å². The monoisotopic (exact) mass is 280 g/mol. The molecule has 112 valence electrons. The van der Waals surface area contributed by atoms with Crippen molar-refractivity contribution in [3.05, 3.63) is 0 Å². The molecule has 20 heavy (non-hydrogen) atoms. The second kappa shape index (κ2) is 4.47. The van der Waals surface area contributed by atoms with Crippen LogP contribution in [0.5, 0.6) is 0 Å². The van der Waals surface area contributed by atoms with E-state index in [2.05, 4.69) is 6.92 Å². The Hall–Kier alpha value is -1.06. The summed E-state index contributed by atoms with van der Waals surface area (Å²) in [7, 11) is 0. The van der Waals surface area contributed by atoms with E-state index in [1.165, 1.54) is 19.3 Å². The molecule has 4 bridgehead atoms. The maximum absolute atomic E-state index is 11.4. The second-order valence-electron chi connectivity index (χ2n) is 7.93. The molecule has 2 N–H and O–H groups in total. The molecule has 0 spiro atoms. The minimum absolute atomic E-state index is 0.125. The van der Waals surface area contributed by atoms with Crippen LogP contribution in [0.3, 0.4) is 0 Å². The Bertz CT molecular complexity index is 446. The molecule has 0 aromatic rings. The zero-order chi connectivity index (χ0) is 14.5. The van der Waals surface area contributed by atoms with Crippen molar-refractivity contribution in [1.82, 2.24) is 0 Å². The van der Waals surface area contributed by atoms with Gasteiger partial charge in [0.05, 0.1) is 6.42 Å². The van der Waals surface area contributed by atoms with E-state index in [1.54, 1.807) is 0 Å². The van der Waals surface area contributed by atoms with Crippen molar-refractivity contribution >= 4 is 11.9 Å². The van der Waals surface area contributed by atoms with Crippen molar-refractivity contribution in [1.29, 1.82) is 0 Å². The highest BCUT2D eigenvalue weighted by Crippen LogP contribution is 2.69. The fraction of sp³-hybridized carbons (Fsp3) is 0.875. The first-order valence-electron chi connectivity index (χ1n) is 7.76. The molecule has 0 amide bonds. The van der Waals surface area contributed by atoms with Crippen LogP contribution in [-0.2, 0) is 9.59 Å². The molecule has 0 aromatic carbocycles. The van der Waals surface area contributed by atoms with Crippen molar-refractivity contribution in [2.45, 2.75) is 58.3 Å². The highest BCUT2D eigenvalue weighted by atomic mass is 16.4. The molecule has 4 heteroatoms. The van der Waals surface area contributed by atoms with Crippen LogP contribution in [0, 0.1) is 28.6 Å². The van der Waals surface area contributed by atoms with Crippen molar-refractivity contribution in [2.75, 3.05) is 0 Å². The van der Waals surface area contributed by atoms with Crippen LogP contribution < -0.4 is 0 Å². The molecule has 0 saturated heterocycles. The molecular weight excluding hydrogens is 256 g/mol. The van der Waals surface area contributed by atoms with Crippen molar-refractivity contribution in [2.24, 2.45) is 28.6 Å². The lowest BCUT2D eigenvalue weighted by Gasteiger charge is -2.65. The first-order chi connectivity index (χ1) is 9.32. The van der Waals surface area contributed by atoms with Gasteiger partial charge < -0.3 is 10.2 Å². The van der Waals surface area contributed by atoms with Gasteiger partial charge in [0.2, 0.25) is 0 Å². The van der Waals surface area contributed by atoms with Crippen LogP contribution in [0.4, 0.5) is 0 Å². The lowest BCUT2D eigenvalue weighted by atomic mass is 9.40. The second-order valence-corrected chi connectivity index (χ2v) is 7.93. The fourth-order valence-corrected chi connectivity index (χ4v) is 6.28. The number of rotatable bonds is 5. The molecule has 4 nitrogen and oxygen atoms in total. The van der Waals surface area contributed by atoms with Crippen molar-refractivity contribution in [3.8, 4) is 0 Å². The topological polar surface area (TPSA) is 74.6 Å². The van der Waals surface area contributed by atoms with Gasteiger partial charge in [0.25, 0.3) is 0 Å². The van der Waals surface area contributed by atoms with E-state index in [0.717, 1.165) is 12.8 Å². The number of hydrogen-bond donors (Lipinski definition) is 2. The van der Waals surface area contributed by atoms with Crippen molar-refractivity contribution in [3.63, 3.8) is 0 Å². The summed E-state index contributed by atoms with van der Waals surface area (Å²) in [5, 5.41) is 18.3. The van der Waals surface area contributed by atoms with E-state index in [1.807, 2.05) is 0 Å². The Kier molecular flexibility index (Phi) is 3.11.